The van der Waals surface area contributed by atoms with E-state index < -0.39 is 0 Å². The number of aliphatic hydroxyl groups excluding tert-OH is 1. The van der Waals surface area contributed by atoms with Gasteiger partial charge in [-0.2, -0.15) is 0 Å². The summed E-state index contributed by atoms with van der Waals surface area (Å²) in [5.74, 6) is 0.00513. The summed E-state index contributed by atoms with van der Waals surface area (Å²) in [6, 6.07) is 0. The van der Waals surface area contributed by atoms with Crippen LogP contribution in [0.15, 0.2) is 0 Å². The molecule has 0 aromatic rings. The van der Waals surface area contributed by atoms with Crippen molar-refractivity contribution in [3.05, 3.63) is 0 Å². The van der Waals surface area contributed by atoms with Crippen molar-refractivity contribution in [1.82, 2.24) is 10.6 Å². The quantitative estimate of drug-likeness (QED) is 0.456. The van der Waals surface area contributed by atoms with Crippen LogP contribution in [0, 0.1) is 0 Å². The average molecular weight is 218 g/mol. The van der Waals surface area contributed by atoms with Crippen molar-refractivity contribution in [2.45, 2.75) is 25.9 Å². The fourth-order valence-electron chi connectivity index (χ4n) is 0.996. The fraction of sp³-hybridized carbons (Fsp3) is 0.900. The fourth-order valence-corrected chi connectivity index (χ4v) is 0.996. The van der Waals surface area contributed by atoms with Crippen LogP contribution in [0.3, 0.4) is 0 Å². The van der Waals surface area contributed by atoms with Gasteiger partial charge in [-0.25, -0.2) is 0 Å². The van der Waals surface area contributed by atoms with Crippen molar-refractivity contribution in [2.24, 2.45) is 0 Å². The molecule has 1 amide bonds. The van der Waals surface area contributed by atoms with Gasteiger partial charge in [-0.1, -0.05) is 6.92 Å². The Kier molecular flexibility index (Phi) is 9.46. The molecule has 0 aliphatic rings. The molecule has 0 saturated heterocycles. The third-order valence-electron chi connectivity index (χ3n) is 2.01. The molecule has 5 heteroatoms. The molecule has 0 spiro atoms. The highest BCUT2D eigenvalue weighted by Gasteiger charge is 2.02. The summed E-state index contributed by atoms with van der Waals surface area (Å²) >= 11 is 0. The van der Waals surface area contributed by atoms with Crippen LogP contribution in [0.1, 0.15) is 19.8 Å². The minimum atomic E-state index is -0.318. The number of nitrogens with one attached hydrogen (secondary N) is 2. The lowest BCUT2D eigenvalue weighted by Crippen LogP contribution is -2.32. The first-order chi connectivity index (χ1) is 7.20. The molecular formula is C10H22N2O3. The molecule has 0 aromatic carbocycles. The number of rotatable bonds is 9. The lowest BCUT2D eigenvalue weighted by atomic mass is 10.3. The first kappa shape index (κ1) is 14.3. The monoisotopic (exact) mass is 218 g/mol. The number of hydrogen-bond donors (Lipinski definition) is 3. The first-order valence-electron chi connectivity index (χ1n) is 5.35. The summed E-state index contributed by atoms with van der Waals surface area (Å²) in [4.78, 5) is 11.2. The van der Waals surface area contributed by atoms with E-state index in [9.17, 15) is 9.90 Å². The topological polar surface area (TPSA) is 70.6 Å². The highest BCUT2D eigenvalue weighted by molar-refractivity contribution is 5.75. The van der Waals surface area contributed by atoms with E-state index in [4.69, 9.17) is 4.74 Å². The van der Waals surface area contributed by atoms with Crippen molar-refractivity contribution < 1.29 is 14.6 Å². The summed E-state index contributed by atoms with van der Waals surface area (Å²) in [6.45, 7) is 4.14. The van der Waals surface area contributed by atoms with Crippen LogP contribution >= 0.6 is 0 Å². The largest absolute Gasteiger partial charge is 0.392 e. The molecule has 15 heavy (non-hydrogen) atoms. The van der Waals surface area contributed by atoms with Gasteiger partial charge in [-0.3, -0.25) is 4.79 Å². The van der Waals surface area contributed by atoms with Crippen LogP contribution in [0.2, 0.25) is 0 Å². The number of hydrogen-bond acceptors (Lipinski definition) is 4. The van der Waals surface area contributed by atoms with E-state index in [1.807, 2.05) is 6.92 Å². The second-order valence-electron chi connectivity index (χ2n) is 3.36. The van der Waals surface area contributed by atoms with Crippen molar-refractivity contribution in [1.29, 1.82) is 0 Å². The molecule has 0 rings (SSSR count). The zero-order valence-corrected chi connectivity index (χ0v) is 9.58. The molecule has 0 saturated carbocycles. The molecular weight excluding hydrogens is 196 g/mol. The van der Waals surface area contributed by atoms with Gasteiger partial charge < -0.3 is 20.5 Å². The van der Waals surface area contributed by atoms with Crippen LogP contribution in [0.4, 0.5) is 0 Å². The van der Waals surface area contributed by atoms with Gasteiger partial charge in [0.05, 0.1) is 12.7 Å². The second-order valence-corrected chi connectivity index (χ2v) is 3.36. The van der Waals surface area contributed by atoms with Crippen molar-refractivity contribution in [3.63, 3.8) is 0 Å². The van der Waals surface area contributed by atoms with E-state index in [1.54, 1.807) is 7.11 Å². The lowest BCUT2D eigenvalue weighted by molar-refractivity contribution is -0.121. The van der Waals surface area contributed by atoms with Gasteiger partial charge in [0.25, 0.3) is 0 Å². The Morgan fingerprint density at radius 1 is 1.47 bits per heavy atom. The molecule has 0 bridgehead atoms. The van der Waals surface area contributed by atoms with Crippen molar-refractivity contribution in [3.8, 4) is 0 Å². The highest BCUT2D eigenvalue weighted by Crippen LogP contribution is 1.86. The third-order valence-corrected chi connectivity index (χ3v) is 2.01. The number of ether oxygens (including phenoxy) is 1. The summed E-state index contributed by atoms with van der Waals surface area (Å²) in [7, 11) is 1.60. The zero-order chi connectivity index (χ0) is 11.5. The van der Waals surface area contributed by atoms with E-state index >= 15 is 0 Å². The molecule has 90 valence electrons. The van der Waals surface area contributed by atoms with Crippen molar-refractivity contribution >= 4 is 5.91 Å². The zero-order valence-electron chi connectivity index (χ0n) is 9.58. The van der Waals surface area contributed by atoms with Crippen molar-refractivity contribution in [2.75, 3.05) is 33.4 Å². The number of amides is 1. The smallest absolute Gasteiger partial charge is 0.221 e. The van der Waals surface area contributed by atoms with E-state index in [1.165, 1.54) is 0 Å². The summed E-state index contributed by atoms with van der Waals surface area (Å²) in [6.07, 6.45) is 0.842. The highest BCUT2D eigenvalue weighted by atomic mass is 16.5. The minimum absolute atomic E-state index is 0.00513. The summed E-state index contributed by atoms with van der Waals surface area (Å²) in [5, 5.41) is 15.0. The Morgan fingerprint density at radius 3 is 2.80 bits per heavy atom. The standard InChI is InChI=1S/C10H22N2O3/c1-3-9(13)8-11-5-4-10(14)12-6-7-15-2/h9,11,13H,3-8H2,1-2H3,(H,12,14). The Bertz CT molecular complexity index is 165. The Hall–Kier alpha value is -0.650. The predicted octanol–water partition coefficient (Wildman–Crippen LogP) is -0.500. The third kappa shape index (κ3) is 9.65. The van der Waals surface area contributed by atoms with E-state index in [0.29, 0.717) is 32.7 Å². The molecule has 5 nitrogen and oxygen atoms in total. The molecule has 0 aliphatic carbocycles. The number of carbonyl (C=O) groups is 1. The van der Waals surface area contributed by atoms with E-state index in [-0.39, 0.29) is 12.0 Å². The molecule has 0 fully saturated rings. The van der Waals surface area contributed by atoms with Crippen LogP contribution in [0.5, 0.6) is 0 Å². The Morgan fingerprint density at radius 2 is 2.20 bits per heavy atom. The van der Waals surface area contributed by atoms with Gasteiger partial charge in [0.1, 0.15) is 0 Å². The number of methoxy groups -OCH3 is 1. The number of aliphatic hydroxyl groups is 1. The average Bonchev–Trinajstić information content (AvgIpc) is 2.24. The first-order valence-corrected chi connectivity index (χ1v) is 5.35. The van der Waals surface area contributed by atoms with E-state index in [2.05, 4.69) is 10.6 Å². The maximum atomic E-state index is 11.2. The van der Waals surface area contributed by atoms with Gasteiger partial charge >= 0.3 is 0 Å². The second kappa shape index (κ2) is 9.89. The van der Waals surface area contributed by atoms with Crippen LogP contribution in [-0.2, 0) is 9.53 Å². The van der Waals surface area contributed by atoms with Gasteiger partial charge in [0.15, 0.2) is 0 Å². The number of carbonyl (C=O) groups excluding carboxylic acids is 1. The van der Waals surface area contributed by atoms with Gasteiger partial charge in [-0.15, -0.1) is 0 Å². The maximum absolute atomic E-state index is 11.2. The van der Waals surface area contributed by atoms with Crippen LogP contribution < -0.4 is 10.6 Å². The molecule has 1 unspecified atom stereocenters. The minimum Gasteiger partial charge on any atom is -0.392 e. The molecule has 1 atom stereocenters. The van der Waals surface area contributed by atoms with Crippen LogP contribution in [-0.4, -0.2) is 50.5 Å². The van der Waals surface area contributed by atoms with Gasteiger partial charge in [0.2, 0.25) is 5.91 Å². The lowest BCUT2D eigenvalue weighted by Gasteiger charge is -2.09. The Balaban J connectivity index is 3.23. The Labute approximate surface area is 91.2 Å². The predicted molar refractivity (Wildman–Crippen MR) is 58.7 cm³/mol. The molecule has 0 heterocycles. The van der Waals surface area contributed by atoms with Gasteiger partial charge in [-0.05, 0) is 6.42 Å². The van der Waals surface area contributed by atoms with E-state index in [0.717, 1.165) is 6.42 Å². The molecule has 0 radical (unpaired) electrons. The summed E-state index contributed by atoms with van der Waals surface area (Å²) < 4.78 is 4.80. The molecule has 0 aromatic heterocycles. The normalized spacial score (nSPS) is 12.5. The summed E-state index contributed by atoms with van der Waals surface area (Å²) in [5.41, 5.74) is 0. The van der Waals surface area contributed by atoms with Crippen LogP contribution in [0.25, 0.3) is 0 Å². The molecule has 0 aliphatic heterocycles. The SMILES string of the molecule is CCC(O)CNCCC(=O)NCCOC. The maximum Gasteiger partial charge on any atom is 0.221 e. The molecule has 3 N–H and O–H groups in total. The van der Waals surface area contributed by atoms with Gasteiger partial charge in [0, 0.05) is 33.2 Å².